The Morgan fingerprint density at radius 1 is 1.11 bits per heavy atom. The molecule has 94 valence electrons. The average Bonchev–Trinajstić information content (AvgIpc) is 2.25. The molecule has 0 unspecified atom stereocenters. The number of hydrogen-bond acceptors (Lipinski definition) is 3. The van der Waals surface area contributed by atoms with Crippen molar-refractivity contribution in [1.29, 1.82) is 0 Å². The Labute approximate surface area is 104 Å². The third-order valence-electron chi connectivity index (χ3n) is 2.72. The third kappa shape index (κ3) is 2.07. The number of carbonyl (C=O) groups is 2. The van der Waals surface area contributed by atoms with Gasteiger partial charge in [0.1, 0.15) is 11.4 Å². The number of fused-ring (bicyclic) bond motifs is 1. The van der Waals surface area contributed by atoms with Crippen molar-refractivity contribution < 1.29 is 14.3 Å². The quantitative estimate of drug-likeness (QED) is 0.816. The molecule has 2 rings (SSSR count). The highest BCUT2D eigenvalue weighted by atomic mass is 16.5. The van der Waals surface area contributed by atoms with E-state index in [1.165, 1.54) is 12.1 Å². The van der Waals surface area contributed by atoms with Crippen LogP contribution in [0.4, 0.5) is 0 Å². The number of hydrogen-bond donors (Lipinski definition) is 2. The van der Waals surface area contributed by atoms with Gasteiger partial charge in [0.25, 0.3) is 0 Å². The van der Waals surface area contributed by atoms with Crippen molar-refractivity contribution >= 4 is 17.9 Å². The summed E-state index contributed by atoms with van der Waals surface area (Å²) in [5.41, 5.74) is 10.9. The van der Waals surface area contributed by atoms with Gasteiger partial charge in [-0.15, -0.1) is 0 Å². The summed E-state index contributed by atoms with van der Waals surface area (Å²) >= 11 is 0. The number of ether oxygens (including phenoxy) is 1. The molecule has 0 radical (unpaired) electrons. The highest BCUT2D eigenvalue weighted by Gasteiger charge is 2.24. The van der Waals surface area contributed by atoms with Gasteiger partial charge in [-0.2, -0.15) is 0 Å². The molecule has 1 aromatic carbocycles. The van der Waals surface area contributed by atoms with Crippen molar-refractivity contribution in [2.45, 2.75) is 19.4 Å². The molecular weight excluding hydrogens is 232 g/mol. The maximum Gasteiger partial charge on any atom is 0.249 e. The minimum absolute atomic E-state index is 0.0763. The van der Waals surface area contributed by atoms with Crippen LogP contribution in [0.2, 0.25) is 0 Å². The first-order chi connectivity index (χ1) is 8.30. The highest BCUT2D eigenvalue weighted by molar-refractivity contribution is 6.07. The summed E-state index contributed by atoms with van der Waals surface area (Å²) < 4.78 is 5.70. The SMILES string of the molecule is CC1(C)C=Cc2cc(C(N)=O)c(C(N)=O)cc2O1. The lowest BCUT2D eigenvalue weighted by molar-refractivity contribution is 0.0966. The van der Waals surface area contributed by atoms with E-state index < -0.39 is 17.4 Å². The molecule has 0 fully saturated rings. The molecule has 0 saturated carbocycles. The molecule has 0 bridgehead atoms. The van der Waals surface area contributed by atoms with Crippen LogP contribution in [0.5, 0.6) is 5.75 Å². The number of rotatable bonds is 2. The van der Waals surface area contributed by atoms with E-state index in [1.807, 2.05) is 26.0 Å². The Morgan fingerprint density at radius 2 is 1.67 bits per heavy atom. The van der Waals surface area contributed by atoms with E-state index in [2.05, 4.69) is 0 Å². The largest absolute Gasteiger partial charge is 0.483 e. The maximum absolute atomic E-state index is 11.3. The van der Waals surface area contributed by atoms with Crippen LogP contribution in [0.3, 0.4) is 0 Å². The van der Waals surface area contributed by atoms with Crippen molar-refractivity contribution in [3.05, 3.63) is 34.9 Å². The molecule has 1 heterocycles. The topological polar surface area (TPSA) is 95.4 Å². The molecule has 0 saturated heterocycles. The standard InChI is InChI=1S/C13H14N2O3/c1-13(2)4-3-7-5-8(11(14)16)9(12(15)17)6-10(7)18-13/h3-6H,1-2H3,(H2,14,16)(H2,15,17). The van der Waals surface area contributed by atoms with Crippen molar-refractivity contribution in [3.8, 4) is 5.75 Å². The van der Waals surface area contributed by atoms with E-state index >= 15 is 0 Å². The number of benzene rings is 1. The van der Waals surface area contributed by atoms with Crippen LogP contribution in [0, 0.1) is 0 Å². The molecule has 1 aliphatic rings. The minimum Gasteiger partial charge on any atom is -0.483 e. The summed E-state index contributed by atoms with van der Waals surface area (Å²) in [6.45, 7) is 3.77. The van der Waals surface area contributed by atoms with Gasteiger partial charge in [-0.1, -0.05) is 6.08 Å². The van der Waals surface area contributed by atoms with Crippen molar-refractivity contribution in [2.24, 2.45) is 11.5 Å². The maximum atomic E-state index is 11.3. The molecule has 0 aromatic heterocycles. The summed E-state index contributed by atoms with van der Waals surface area (Å²) in [4.78, 5) is 22.6. The lowest BCUT2D eigenvalue weighted by Crippen LogP contribution is -2.28. The number of amides is 2. The molecule has 4 N–H and O–H groups in total. The fraction of sp³-hybridized carbons (Fsp3) is 0.231. The number of carbonyl (C=O) groups excluding carboxylic acids is 2. The van der Waals surface area contributed by atoms with Crippen LogP contribution in [0.25, 0.3) is 6.08 Å². The zero-order valence-electron chi connectivity index (χ0n) is 10.2. The Kier molecular flexibility index (Phi) is 2.62. The molecular formula is C13H14N2O3. The lowest BCUT2D eigenvalue weighted by Gasteiger charge is -2.28. The van der Waals surface area contributed by atoms with Gasteiger partial charge in [0.2, 0.25) is 11.8 Å². The van der Waals surface area contributed by atoms with Gasteiger partial charge >= 0.3 is 0 Å². The molecule has 5 heteroatoms. The fourth-order valence-electron chi connectivity index (χ4n) is 1.83. The molecule has 1 aromatic rings. The first-order valence-electron chi connectivity index (χ1n) is 5.46. The smallest absolute Gasteiger partial charge is 0.249 e. The van der Waals surface area contributed by atoms with Crippen molar-refractivity contribution in [3.63, 3.8) is 0 Å². The molecule has 1 aliphatic heterocycles. The van der Waals surface area contributed by atoms with Gasteiger partial charge in [-0.05, 0) is 32.1 Å². The van der Waals surface area contributed by atoms with Gasteiger partial charge in [0.05, 0.1) is 11.1 Å². The molecule has 5 nitrogen and oxygen atoms in total. The van der Waals surface area contributed by atoms with Gasteiger partial charge in [0, 0.05) is 5.56 Å². The van der Waals surface area contributed by atoms with Crippen LogP contribution in [-0.2, 0) is 0 Å². The van der Waals surface area contributed by atoms with E-state index in [1.54, 1.807) is 0 Å². The Morgan fingerprint density at radius 3 is 2.22 bits per heavy atom. The second-order valence-corrected chi connectivity index (χ2v) is 4.70. The number of nitrogens with two attached hydrogens (primary N) is 2. The summed E-state index contributed by atoms with van der Waals surface area (Å²) in [6.07, 6.45) is 3.69. The van der Waals surface area contributed by atoms with Gasteiger partial charge < -0.3 is 16.2 Å². The minimum atomic E-state index is -0.706. The summed E-state index contributed by atoms with van der Waals surface area (Å²) in [5.74, 6) is -0.881. The highest BCUT2D eigenvalue weighted by Crippen LogP contribution is 2.33. The third-order valence-corrected chi connectivity index (χ3v) is 2.72. The summed E-state index contributed by atoms with van der Waals surface area (Å²) in [7, 11) is 0. The first-order valence-corrected chi connectivity index (χ1v) is 5.46. The van der Waals surface area contributed by atoms with Crippen LogP contribution < -0.4 is 16.2 Å². The van der Waals surface area contributed by atoms with Gasteiger partial charge in [-0.3, -0.25) is 9.59 Å². The predicted molar refractivity (Wildman–Crippen MR) is 67.2 cm³/mol. The van der Waals surface area contributed by atoms with Crippen molar-refractivity contribution in [1.82, 2.24) is 0 Å². The Bertz CT molecular complexity index is 574. The fourth-order valence-corrected chi connectivity index (χ4v) is 1.83. The Balaban J connectivity index is 2.62. The van der Waals surface area contributed by atoms with Crippen LogP contribution in [0.15, 0.2) is 18.2 Å². The zero-order chi connectivity index (χ0) is 13.5. The van der Waals surface area contributed by atoms with E-state index in [0.29, 0.717) is 11.3 Å². The second-order valence-electron chi connectivity index (χ2n) is 4.70. The van der Waals surface area contributed by atoms with E-state index in [9.17, 15) is 9.59 Å². The first kappa shape index (κ1) is 12.2. The van der Waals surface area contributed by atoms with Crippen LogP contribution in [0.1, 0.15) is 40.1 Å². The van der Waals surface area contributed by atoms with Crippen LogP contribution in [-0.4, -0.2) is 17.4 Å². The van der Waals surface area contributed by atoms with Crippen molar-refractivity contribution in [2.75, 3.05) is 0 Å². The normalized spacial score (nSPS) is 15.7. The second kappa shape index (κ2) is 3.87. The predicted octanol–water partition coefficient (Wildman–Crippen LogP) is 1.07. The number of primary amides is 2. The van der Waals surface area contributed by atoms with E-state index in [0.717, 1.165) is 0 Å². The van der Waals surface area contributed by atoms with Gasteiger partial charge in [0.15, 0.2) is 0 Å². The monoisotopic (exact) mass is 246 g/mol. The van der Waals surface area contributed by atoms with E-state index in [4.69, 9.17) is 16.2 Å². The average molecular weight is 246 g/mol. The molecule has 0 spiro atoms. The molecule has 18 heavy (non-hydrogen) atoms. The molecule has 2 amide bonds. The molecule has 0 atom stereocenters. The van der Waals surface area contributed by atoms with Gasteiger partial charge in [-0.25, -0.2) is 0 Å². The summed E-state index contributed by atoms with van der Waals surface area (Å²) in [5, 5.41) is 0. The summed E-state index contributed by atoms with van der Waals surface area (Å²) in [6, 6.07) is 2.98. The zero-order valence-corrected chi connectivity index (χ0v) is 10.2. The van der Waals surface area contributed by atoms with E-state index in [-0.39, 0.29) is 11.1 Å². The Hall–Kier alpha value is -2.30. The van der Waals surface area contributed by atoms with Crippen LogP contribution >= 0.6 is 0 Å². The molecule has 0 aliphatic carbocycles. The lowest BCUT2D eigenvalue weighted by atomic mass is 9.97.